The van der Waals surface area contributed by atoms with Gasteiger partial charge in [-0.3, -0.25) is 0 Å². The Morgan fingerprint density at radius 3 is 2.73 bits per heavy atom. The standard InChI is InChI=1S/C7H6ClN5O2/c8-4-6(11)13-5(10)3(12-4)7(14)15-2-1-9/h2H2,(H4,10,11,13). The second-order valence-electron chi connectivity index (χ2n) is 2.37. The van der Waals surface area contributed by atoms with Gasteiger partial charge in [0.1, 0.15) is 6.07 Å². The third kappa shape index (κ3) is 2.45. The number of rotatable bonds is 2. The molecule has 0 amide bonds. The Labute approximate surface area is 89.6 Å². The van der Waals surface area contributed by atoms with Gasteiger partial charge in [0, 0.05) is 0 Å². The van der Waals surface area contributed by atoms with Crippen LogP contribution in [0.3, 0.4) is 0 Å². The summed E-state index contributed by atoms with van der Waals surface area (Å²) in [7, 11) is 0. The molecule has 0 aliphatic carbocycles. The lowest BCUT2D eigenvalue weighted by Gasteiger charge is -2.04. The fourth-order valence-electron chi connectivity index (χ4n) is 0.758. The summed E-state index contributed by atoms with van der Waals surface area (Å²) < 4.78 is 4.47. The molecule has 4 N–H and O–H groups in total. The zero-order valence-corrected chi connectivity index (χ0v) is 8.15. The number of carbonyl (C=O) groups excluding carboxylic acids is 1. The van der Waals surface area contributed by atoms with E-state index in [9.17, 15) is 4.79 Å². The number of carbonyl (C=O) groups is 1. The minimum absolute atomic E-state index is 0.0778. The average molecular weight is 228 g/mol. The molecular formula is C7H6ClN5O2. The highest BCUT2D eigenvalue weighted by atomic mass is 35.5. The molecule has 0 spiro atoms. The van der Waals surface area contributed by atoms with Crippen LogP contribution in [0.4, 0.5) is 11.6 Å². The molecule has 0 unspecified atom stereocenters. The van der Waals surface area contributed by atoms with Crippen LogP contribution in [0.1, 0.15) is 10.5 Å². The third-order valence-corrected chi connectivity index (χ3v) is 1.64. The van der Waals surface area contributed by atoms with Crippen molar-refractivity contribution < 1.29 is 9.53 Å². The molecule has 0 radical (unpaired) electrons. The van der Waals surface area contributed by atoms with Crippen molar-refractivity contribution in [1.82, 2.24) is 9.97 Å². The van der Waals surface area contributed by atoms with Gasteiger partial charge in [0.15, 0.2) is 29.1 Å². The maximum Gasteiger partial charge on any atom is 0.361 e. The first-order valence-electron chi connectivity index (χ1n) is 3.68. The number of nitriles is 1. The molecule has 1 aromatic rings. The zero-order valence-electron chi connectivity index (χ0n) is 7.40. The van der Waals surface area contributed by atoms with E-state index in [1.807, 2.05) is 0 Å². The fraction of sp³-hybridized carbons (Fsp3) is 0.143. The lowest BCUT2D eigenvalue weighted by molar-refractivity contribution is 0.0549. The lowest BCUT2D eigenvalue weighted by atomic mass is 10.4. The highest BCUT2D eigenvalue weighted by molar-refractivity contribution is 6.31. The number of hydrogen-bond acceptors (Lipinski definition) is 7. The van der Waals surface area contributed by atoms with Crippen LogP contribution in [0.2, 0.25) is 5.15 Å². The van der Waals surface area contributed by atoms with Gasteiger partial charge in [0.25, 0.3) is 0 Å². The Morgan fingerprint density at radius 2 is 2.13 bits per heavy atom. The van der Waals surface area contributed by atoms with Crippen molar-refractivity contribution in [3.63, 3.8) is 0 Å². The van der Waals surface area contributed by atoms with Crippen molar-refractivity contribution in [2.45, 2.75) is 0 Å². The molecular weight excluding hydrogens is 222 g/mol. The van der Waals surface area contributed by atoms with E-state index in [0.29, 0.717) is 0 Å². The first kappa shape index (κ1) is 11.0. The monoisotopic (exact) mass is 227 g/mol. The summed E-state index contributed by atoms with van der Waals surface area (Å²) in [6.45, 7) is -0.401. The van der Waals surface area contributed by atoms with Gasteiger partial charge in [0.05, 0.1) is 0 Å². The molecule has 0 bridgehead atoms. The van der Waals surface area contributed by atoms with Crippen LogP contribution >= 0.6 is 11.6 Å². The van der Waals surface area contributed by atoms with Crippen LogP contribution < -0.4 is 11.5 Å². The maximum absolute atomic E-state index is 11.2. The largest absolute Gasteiger partial charge is 0.445 e. The maximum atomic E-state index is 11.2. The minimum Gasteiger partial charge on any atom is -0.445 e. The van der Waals surface area contributed by atoms with Crippen molar-refractivity contribution in [2.24, 2.45) is 0 Å². The third-order valence-electron chi connectivity index (χ3n) is 1.37. The fourth-order valence-corrected chi connectivity index (χ4v) is 0.885. The van der Waals surface area contributed by atoms with Crippen molar-refractivity contribution in [3.8, 4) is 6.07 Å². The molecule has 1 aromatic heterocycles. The van der Waals surface area contributed by atoms with Crippen molar-refractivity contribution in [3.05, 3.63) is 10.8 Å². The predicted octanol–water partition coefficient (Wildman–Crippen LogP) is -0.0252. The van der Waals surface area contributed by atoms with Crippen molar-refractivity contribution in [2.75, 3.05) is 18.1 Å². The molecule has 0 saturated heterocycles. The molecule has 0 atom stereocenters. The highest BCUT2D eigenvalue weighted by Crippen LogP contribution is 2.17. The number of nitrogens with two attached hydrogens (primary N) is 2. The highest BCUT2D eigenvalue weighted by Gasteiger charge is 2.16. The summed E-state index contributed by atoms with van der Waals surface area (Å²) in [5.41, 5.74) is 10.4. The molecule has 7 nitrogen and oxygen atoms in total. The molecule has 1 heterocycles. The molecule has 0 fully saturated rings. The SMILES string of the molecule is N#CCOC(=O)c1nc(Cl)c(N)nc1N. The van der Waals surface area contributed by atoms with Gasteiger partial charge in [-0.25, -0.2) is 14.8 Å². The van der Waals surface area contributed by atoms with Crippen LogP contribution in [0.25, 0.3) is 0 Å². The number of nitrogen functional groups attached to an aromatic ring is 2. The van der Waals surface area contributed by atoms with Gasteiger partial charge in [-0.2, -0.15) is 5.26 Å². The van der Waals surface area contributed by atoms with E-state index in [1.54, 1.807) is 6.07 Å². The lowest BCUT2D eigenvalue weighted by Crippen LogP contribution is -2.13. The minimum atomic E-state index is -0.872. The van der Waals surface area contributed by atoms with Gasteiger partial charge in [-0.05, 0) is 0 Å². The van der Waals surface area contributed by atoms with Crippen LogP contribution in [-0.4, -0.2) is 22.5 Å². The summed E-state index contributed by atoms with van der Waals surface area (Å²) in [5.74, 6) is -1.14. The number of nitrogens with zero attached hydrogens (tertiary/aromatic N) is 3. The van der Waals surface area contributed by atoms with Gasteiger partial charge < -0.3 is 16.2 Å². The Hall–Kier alpha value is -2.07. The second kappa shape index (κ2) is 4.43. The summed E-state index contributed by atoms with van der Waals surface area (Å²) in [6, 6.07) is 1.62. The second-order valence-corrected chi connectivity index (χ2v) is 2.73. The van der Waals surface area contributed by atoms with E-state index < -0.39 is 12.6 Å². The van der Waals surface area contributed by atoms with E-state index in [2.05, 4.69) is 14.7 Å². The Balaban J connectivity index is 3.00. The first-order chi connectivity index (χ1) is 7.06. The predicted molar refractivity (Wildman–Crippen MR) is 51.8 cm³/mol. The average Bonchev–Trinajstić information content (AvgIpc) is 2.20. The van der Waals surface area contributed by atoms with Gasteiger partial charge in [0.2, 0.25) is 0 Å². The molecule has 0 saturated carbocycles. The van der Waals surface area contributed by atoms with E-state index in [4.69, 9.17) is 28.3 Å². The van der Waals surface area contributed by atoms with E-state index in [-0.39, 0.29) is 22.5 Å². The van der Waals surface area contributed by atoms with E-state index >= 15 is 0 Å². The Kier molecular flexibility index (Phi) is 3.25. The molecule has 8 heteroatoms. The molecule has 15 heavy (non-hydrogen) atoms. The van der Waals surface area contributed by atoms with Gasteiger partial charge in [-0.1, -0.05) is 11.6 Å². The van der Waals surface area contributed by atoms with Crippen LogP contribution in [0.15, 0.2) is 0 Å². The number of halogens is 1. The topological polar surface area (TPSA) is 128 Å². The number of esters is 1. The Morgan fingerprint density at radius 1 is 1.47 bits per heavy atom. The summed E-state index contributed by atoms with van der Waals surface area (Å²) in [6.07, 6.45) is 0. The van der Waals surface area contributed by atoms with Crippen LogP contribution in [0.5, 0.6) is 0 Å². The van der Waals surface area contributed by atoms with Crippen molar-refractivity contribution in [1.29, 1.82) is 5.26 Å². The number of anilines is 2. The Bertz CT molecular complexity index is 442. The van der Waals surface area contributed by atoms with Crippen LogP contribution in [-0.2, 0) is 4.74 Å². The molecule has 1 rings (SSSR count). The zero-order chi connectivity index (χ0) is 11.4. The first-order valence-corrected chi connectivity index (χ1v) is 4.06. The summed E-state index contributed by atoms with van der Waals surface area (Å²) in [4.78, 5) is 18.4. The van der Waals surface area contributed by atoms with E-state index in [1.165, 1.54) is 0 Å². The summed E-state index contributed by atoms with van der Waals surface area (Å²) in [5, 5.41) is 8.04. The summed E-state index contributed by atoms with van der Waals surface area (Å²) >= 11 is 5.54. The molecule has 0 aliphatic rings. The number of ether oxygens (including phenoxy) is 1. The van der Waals surface area contributed by atoms with Gasteiger partial charge >= 0.3 is 5.97 Å². The molecule has 78 valence electrons. The molecule has 0 aromatic carbocycles. The smallest absolute Gasteiger partial charge is 0.361 e. The van der Waals surface area contributed by atoms with Crippen LogP contribution in [0, 0.1) is 11.3 Å². The van der Waals surface area contributed by atoms with Crippen molar-refractivity contribution >= 4 is 29.2 Å². The number of aromatic nitrogens is 2. The quantitative estimate of drug-likeness (QED) is 0.679. The van der Waals surface area contributed by atoms with E-state index in [0.717, 1.165) is 0 Å². The normalized spacial score (nSPS) is 9.33. The number of hydrogen-bond donors (Lipinski definition) is 2. The van der Waals surface area contributed by atoms with Gasteiger partial charge in [-0.15, -0.1) is 0 Å². The molecule has 0 aliphatic heterocycles.